The Morgan fingerprint density at radius 2 is 1.52 bits per heavy atom. The van der Waals surface area contributed by atoms with Crippen LogP contribution in [0.1, 0.15) is 127 Å². The summed E-state index contributed by atoms with van der Waals surface area (Å²) < 4.78 is 10.5. The van der Waals surface area contributed by atoms with Crippen LogP contribution in [0.5, 0.6) is 0 Å². The molecule has 0 radical (unpaired) electrons. The van der Waals surface area contributed by atoms with Gasteiger partial charge in [0.1, 0.15) is 22.6 Å². The minimum absolute atomic E-state index is 0.00383. The number of ether oxygens (including phenoxy) is 2. The maximum absolute atomic E-state index is 12.3. The van der Waals surface area contributed by atoms with E-state index in [-0.39, 0.29) is 28.2 Å². The molecule has 1 unspecified atom stereocenters. The van der Waals surface area contributed by atoms with Crippen molar-refractivity contribution < 1.29 is 33.8 Å². The van der Waals surface area contributed by atoms with Crippen LogP contribution in [-0.2, 0) is 19.1 Å². The number of anilines is 1. The fourth-order valence-electron chi connectivity index (χ4n) is 4.55. The molecule has 1 heterocycles. The van der Waals surface area contributed by atoms with Crippen molar-refractivity contribution in [3.05, 3.63) is 15.8 Å². The lowest BCUT2D eigenvalue weighted by Crippen LogP contribution is -2.43. The second kappa shape index (κ2) is 16.0. The number of hydrogen-bond donors (Lipinski definition) is 3. The number of amides is 2. The Hall–Kier alpha value is -3.06. The van der Waals surface area contributed by atoms with Crippen LogP contribution in [0.3, 0.4) is 0 Å². The van der Waals surface area contributed by atoms with E-state index >= 15 is 0 Å². The maximum Gasteiger partial charge on any atom is 0.408 e. The first-order valence-electron chi connectivity index (χ1n) is 15.0. The van der Waals surface area contributed by atoms with Crippen molar-refractivity contribution in [1.82, 2.24) is 5.32 Å². The molecule has 3 rings (SSSR count). The summed E-state index contributed by atoms with van der Waals surface area (Å²) in [5.74, 6) is 4.60. The first-order valence-corrected chi connectivity index (χ1v) is 15.8. The van der Waals surface area contributed by atoms with E-state index in [4.69, 9.17) is 9.47 Å². The molecule has 0 aromatic carbocycles. The van der Waals surface area contributed by atoms with Gasteiger partial charge in [-0.3, -0.25) is 4.79 Å². The number of carboxylic acids is 1. The van der Waals surface area contributed by atoms with Crippen molar-refractivity contribution in [2.75, 3.05) is 5.32 Å². The summed E-state index contributed by atoms with van der Waals surface area (Å²) in [4.78, 5) is 47.9. The highest BCUT2D eigenvalue weighted by atomic mass is 32.1. The summed E-state index contributed by atoms with van der Waals surface area (Å²) in [6.07, 6.45) is 9.74. The van der Waals surface area contributed by atoms with E-state index in [1.165, 1.54) is 12.8 Å². The Balaban J connectivity index is 0.000000299. The van der Waals surface area contributed by atoms with Crippen molar-refractivity contribution in [2.24, 2.45) is 11.3 Å². The average molecular weight is 605 g/mol. The van der Waals surface area contributed by atoms with Crippen LogP contribution in [0, 0.1) is 23.2 Å². The first-order chi connectivity index (χ1) is 19.5. The summed E-state index contributed by atoms with van der Waals surface area (Å²) in [5, 5.41) is 14.6. The smallest absolute Gasteiger partial charge is 0.408 e. The van der Waals surface area contributed by atoms with E-state index in [2.05, 4.69) is 22.5 Å². The predicted octanol–water partition coefficient (Wildman–Crippen LogP) is 7.14. The van der Waals surface area contributed by atoms with Crippen molar-refractivity contribution in [3.63, 3.8) is 0 Å². The highest BCUT2D eigenvalue weighted by Crippen LogP contribution is 2.30. The van der Waals surface area contributed by atoms with Crippen LogP contribution < -0.4 is 10.6 Å². The molecule has 1 aromatic rings. The molecule has 2 fully saturated rings. The van der Waals surface area contributed by atoms with E-state index in [9.17, 15) is 24.3 Å². The molecule has 0 aliphatic heterocycles. The maximum atomic E-state index is 12.3. The summed E-state index contributed by atoms with van der Waals surface area (Å²) >= 11 is 1.11. The Kier molecular flexibility index (Phi) is 13.4. The van der Waals surface area contributed by atoms with Gasteiger partial charge in [-0.1, -0.05) is 37.5 Å². The van der Waals surface area contributed by atoms with Gasteiger partial charge < -0.3 is 25.2 Å². The summed E-state index contributed by atoms with van der Waals surface area (Å²) in [6, 6.07) is 0.991. The zero-order chi connectivity index (χ0) is 31.5. The zero-order valence-electron chi connectivity index (χ0n) is 26.2. The topological polar surface area (TPSA) is 131 Å². The van der Waals surface area contributed by atoms with Gasteiger partial charge in [0, 0.05) is 11.3 Å². The molecule has 2 aliphatic rings. The molecule has 1 atom stereocenters. The molecule has 0 spiro atoms. The summed E-state index contributed by atoms with van der Waals surface area (Å²) in [5.41, 5.74) is -0.355. The third-order valence-electron chi connectivity index (χ3n) is 6.64. The van der Waals surface area contributed by atoms with Gasteiger partial charge in [-0.15, -0.1) is 11.3 Å². The number of rotatable bonds is 6. The van der Waals surface area contributed by atoms with Crippen molar-refractivity contribution in [1.29, 1.82) is 0 Å². The first kappa shape index (κ1) is 35.1. The molecule has 234 valence electrons. The van der Waals surface area contributed by atoms with Crippen LogP contribution in [0.2, 0.25) is 0 Å². The van der Waals surface area contributed by atoms with Gasteiger partial charge in [0.15, 0.2) is 0 Å². The van der Waals surface area contributed by atoms with E-state index in [1.807, 2.05) is 20.8 Å². The predicted molar refractivity (Wildman–Crippen MR) is 165 cm³/mol. The molecular formula is C32H48N2O7S. The van der Waals surface area contributed by atoms with E-state index in [0.29, 0.717) is 10.6 Å². The van der Waals surface area contributed by atoms with Gasteiger partial charge >= 0.3 is 18.0 Å². The molecule has 2 saturated carbocycles. The third kappa shape index (κ3) is 13.3. The molecule has 0 saturated heterocycles. The Bertz CT molecular complexity index is 1140. The fraction of sp³-hybridized carbons (Fsp3) is 0.688. The Morgan fingerprint density at radius 3 is 2.05 bits per heavy atom. The molecule has 1 aromatic heterocycles. The Labute approximate surface area is 254 Å². The van der Waals surface area contributed by atoms with E-state index < -0.39 is 29.7 Å². The molecule has 10 heteroatoms. The number of carbonyl (C=O) groups is 4. The minimum Gasteiger partial charge on any atom is -0.477 e. The van der Waals surface area contributed by atoms with Crippen LogP contribution >= 0.6 is 11.3 Å². The minimum atomic E-state index is -1.03. The van der Waals surface area contributed by atoms with Crippen molar-refractivity contribution in [3.8, 4) is 11.8 Å². The van der Waals surface area contributed by atoms with Gasteiger partial charge in [0.25, 0.3) is 0 Å². The lowest BCUT2D eigenvalue weighted by molar-refractivity contribution is -0.152. The van der Waals surface area contributed by atoms with Crippen LogP contribution in [-0.4, -0.2) is 46.8 Å². The highest BCUT2D eigenvalue weighted by Gasteiger charge is 2.26. The van der Waals surface area contributed by atoms with E-state index in [0.717, 1.165) is 62.7 Å². The molecule has 2 aliphatic carbocycles. The second-order valence-electron chi connectivity index (χ2n) is 13.0. The normalized spacial score (nSPS) is 16.9. The third-order valence-corrected chi connectivity index (χ3v) is 7.68. The quantitative estimate of drug-likeness (QED) is 0.232. The number of thiophene rings is 1. The number of aromatic carboxylic acids is 1. The molecule has 3 N–H and O–H groups in total. The van der Waals surface area contributed by atoms with Gasteiger partial charge in [0.05, 0.1) is 10.6 Å². The van der Waals surface area contributed by atoms with Crippen LogP contribution in [0.25, 0.3) is 0 Å². The molecular weight excluding hydrogens is 556 g/mol. The number of carbonyl (C=O) groups excluding carboxylic acids is 3. The summed E-state index contributed by atoms with van der Waals surface area (Å²) in [7, 11) is 0. The molecule has 0 bridgehead atoms. The van der Waals surface area contributed by atoms with Crippen molar-refractivity contribution in [2.45, 2.75) is 130 Å². The molecule has 9 nitrogen and oxygen atoms in total. The van der Waals surface area contributed by atoms with Gasteiger partial charge in [-0.2, -0.15) is 0 Å². The SMILES string of the molecule is CC(C)(C)C#Cc1cc(NC(=O)C2CCCCC2)c(C(=O)O)s1.CC(NC(=O)OC(C)(C)C)C(=O)OC1CCCCC1. The largest absolute Gasteiger partial charge is 0.477 e. The van der Waals surface area contributed by atoms with Crippen LogP contribution in [0.15, 0.2) is 6.07 Å². The Morgan fingerprint density at radius 1 is 0.952 bits per heavy atom. The lowest BCUT2D eigenvalue weighted by atomic mass is 9.88. The number of hydrogen-bond acceptors (Lipinski definition) is 7. The van der Waals surface area contributed by atoms with Gasteiger partial charge in [0.2, 0.25) is 5.91 Å². The molecule has 42 heavy (non-hydrogen) atoms. The number of alkyl carbamates (subject to hydrolysis) is 1. The van der Waals surface area contributed by atoms with Gasteiger partial charge in [-0.05, 0) is 93.1 Å². The number of esters is 1. The fourth-order valence-corrected chi connectivity index (χ4v) is 5.35. The standard InChI is InChI=1S/C18H23NO3S.C14H25NO4/c1-18(2,3)10-9-13-11-14(15(23-13)17(21)22)19-16(20)12-7-5-4-6-8-12;1-10(15-13(17)19-14(2,3)4)12(16)18-11-8-6-5-7-9-11/h11-12H,4-8H2,1-3H3,(H,19,20)(H,21,22);10-11H,5-9H2,1-4H3,(H,15,17). The number of carboxylic acid groups (broad SMARTS) is 1. The highest BCUT2D eigenvalue weighted by molar-refractivity contribution is 7.15. The average Bonchev–Trinajstić information content (AvgIpc) is 3.30. The lowest BCUT2D eigenvalue weighted by Gasteiger charge is -2.25. The van der Waals surface area contributed by atoms with Crippen molar-refractivity contribution >= 4 is 41.0 Å². The second-order valence-corrected chi connectivity index (χ2v) is 14.1. The van der Waals surface area contributed by atoms with E-state index in [1.54, 1.807) is 33.8 Å². The van der Waals surface area contributed by atoms with Gasteiger partial charge in [-0.25, -0.2) is 14.4 Å². The zero-order valence-corrected chi connectivity index (χ0v) is 27.0. The molecule has 2 amide bonds. The summed E-state index contributed by atoms with van der Waals surface area (Å²) in [6.45, 7) is 12.9. The van der Waals surface area contributed by atoms with Crippen LogP contribution in [0.4, 0.5) is 10.5 Å². The number of nitrogens with one attached hydrogen (secondary N) is 2. The monoisotopic (exact) mass is 604 g/mol.